The highest BCUT2D eigenvalue weighted by molar-refractivity contribution is 6.27. The number of carbonyl (C=O) groups is 1. The Bertz CT molecular complexity index is 642. The van der Waals surface area contributed by atoms with Gasteiger partial charge < -0.3 is 26.7 Å². The van der Waals surface area contributed by atoms with Gasteiger partial charge in [0.15, 0.2) is 0 Å². The average Bonchev–Trinajstić information content (AvgIpc) is 2.43. The van der Waals surface area contributed by atoms with Crippen LogP contribution in [0.2, 0.25) is 0 Å². The summed E-state index contributed by atoms with van der Waals surface area (Å²) < 4.78 is 10.2. The molecule has 1 rings (SSSR count). The van der Waals surface area contributed by atoms with Gasteiger partial charge in [-0.2, -0.15) is 0 Å². The van der Waals surface area contributed by atoms with Gasteiger partial charge in [-0.15, -0.1) is 0 Å². The fourth-order valence-electron chi connectivity index (χ4n) is 1.49. The van der Waals surface area contributed by atoms with Crippen molar-refractivity contribution in [3.8, 4) is 23.3 Å². The molecule has 0 aliphatic rings. The summed E-state index contributed by atoms with van der Waals surface area (Å²) in [6.07, 6.45) is 0. The maximum atomic E-state index is 11.2. The van der Waals surface area contributed by atoms with Crippen LogP contribution in [0.5, 0.6) is 11.5 Å². The molecule has 0 bridgehead atoms. The van der Waals surface area contributed by atoms with Crippen LogP contribution in [0.1, 0.15) is 5.56 Å². The van der Waals surface area contributed by atoms with Crippen LogP contribution in [0.25, 0.3) is 0 Å². The van der Waals surface area contributed by atoms with Crippen molar-refractivity contribution in [2.24, 2.45) is 17.2 Å². The Morgan fingerprint density at radius 1 is 1.10 bits per heavy atom. The van der Waals surface area contributed by atoms with Gasteiger partial charge in [-0.1, -0.05) is 5.92 Å². The number of rotatable bonds is 4. The predicted octanol–water partition coefficient (Wildman–Crippen LogP) is -0.311. The standard InChI is InChI=1S/C14H16N4O3/c1-20-9-5-8(6-10(7-9)21-2)3-4-11(15)12(13(16)17)14(18)19/h5-7,15H,16-17H2,1-2H3,(H2,18,19). The summed E-state index contributed by atoms with van der Waals surface area (Å²) >= 11 is 0. The molecule has 0 saturated carbocycles. The maximum absolute atomic E-state index is 11.2. The van der Waals surface area contributed by atoms with Gasteiger partial charge in [-0.05, 0) is 18.1 Å². The molecule has 0 heterocycles. The number of nitrogens with one attached hydrogen (secondary N) is 1. The lowest BCUT2D eigenvalue weighted by Crippen LogP contribution is -2.27. The van der Waals surface area contributed by atoms with Crippen LogP contribution in [-0.2, 0) is 4.79 Å². The number of benzene rings is 1. The summed E-state index contributed by atoms with van der Waals surface area (Å²) in [7, 11) is 3.02. The van der Waals surface area contributed by atoms with E-state index in [-0.39, 0.29) is 17.1 Å². The number of ether oxygens (including phenoxy) is 2. The van der Waals surface area contributed by atoms with E-state index >= 15 is 0 Å². The molecule has 7 nitrogen and oxygen atoms in total. The first-order chi connectivity index (χ1) is 9.88. The molecule has 7 heteroatoms. The second-order valence-corrected chi connectivity index (χ2v) is 3.92. The molecule has 0 fully saturated rings. The number of methoxy groups -OCH3 is 2. The predicted molar refractivity (Wildman–Crippen MR) is 78.7 cm³/mol. The highest BCUT2D eigenvalue weighted by Crippen LogP contribution is 2.21. The molecule has 0 unspecified atom stereocenters. The van der Waals surface area contributed by atoms with Crippen LogP contribution in [0.15, 0.2) is 29.6 Å². The minimum absolute atomic E-state index is 0.308. The van der Waals surface area contributed by atoms with E-state index < -0.39 is 5.91 Å². The quantitative estimate of drug-likeness (QED) is 0.342. The third kappa shape index (κ3) is 4.18. The van der Waals surface area contributed by atoms with Gasteiger partial charge in [-0.3, -0.25) is 10.2 Å². The van der Waals surface area contributed by atoms with E-state index in [4.69, 9.17) is 32.1 Å². The topological polar surface area (TPSA) is 137 Å². The summed E-state index contributed by atoms with van der Waals surface area (Å²) in [4.78, 5) is 11.2. The SMILES string of the molecule is COc1cc(C#CC(=N)C(C(N)=O)=C(N)N)cc(OC)c1. The van der Waals surface area contributed by atoms with E-state index in [0.29, 0.717) is 17.1 Å². The van der Waals surface area contributed by atoms with E-state index in [1.807, 2.05) is 0 Å². The third-order valence-electron chi connectivity index (χ3n) is 2.47. The molecule has 110 valence electrons. The van der Waals surface area contributed by atoms with Crippen LogP contribution < -0.4 is 26.7 Å². The van der Waals surface area contributed by atoms with Crippen LogP contribution >= 0.6 is 0 Å². The second-order valence-electron chi connectivity index (χ2n) is 3.92. The minimum Gasteiger partial charge on any atom is -0.497 e. The average molecular weight is 288 g/mol. The normalized spacial score (nSPS) is 9.05. The Kier molecular flexibility index (Phi) is 5.20. The van der Waals surface area contributed by atoms with Gasteiger partial charge in [0.1, 0.15) is 28.6 Å². The molecule has 0 aliphatic carbocycles. The molecule has 1 aromatic rings. The zero-order chi connectivity index (χ0) is 16.0. The van der Waals surface area contributed by atoms with E-state index in [2.05, 4.69) is 11.8 Å². The minimum atomic E-state index is -0.905. The van der Waals surface area contributed by atoms with E-state index in [1.54, 1.807) is 18.2 Å². The zero-order valence-corrected chi connectivity index (χ0v) is 11.7. The van der Waals surface area contributed by atoms with Crippen molar-refractivity contribution >= 4 is 11.6 Å². The van der Waals surface area contributed by atoms with Crippen molar-refractivity contribution in [1.82, 2.24) is 0 Å². The number of amides is 1. The molecular weight excluding hydrogens is 272 g/mol. The van der Waals surface area contributed by atoms with Gasteiger partial charge in [0, 0.05) is 11.6 Å². The summed E-state index contributed by atoms with van der Waals surface area (Å²) in [5.41, 5.74) is 15.6. The molecule has 0 spiro atoms. The molecule has 1 aromatic carbocycles. The Morgan fingerprint density at radius 2 is 1.62 bits per heavy atom. The first-order valence-electron chi connectivity index (χ1n) is 5.78. The van der Waals surface area contributed by atoms with Crippen molar-refractivity contribution in [1.29, 1.82) is 5.41 Å². The highest BCUT2D eigenvalue weighted by Gasteiger charge is 2.13. The van der Waals surface area contributed by atoms with Crippen molar-refractivity contribution in [3.63, 3.8) is 0 Å². The van der Waals surface area contributed by atoms with E-state index in [1.165, 1.54) is 14.2 Å². The Balaban J connectivity index is 3.15. The van der Waals surface area contributed by atoms with Gasteiger partial charge in [0.2, 0.25) is 0 Å². The summed E-state index contributed by atoms with van der Waals surface area (Å²) in [5, 5.41) is 7.70. The number of primary amides is 1. The van der Waals surface area contributed by atoms with Crippen molar-refractivity contribution in [2.45, 2.75) is 0 Å². The van der Waals surface area contributed by atoms with Gasteiger partial charge in [0.05, 0.1) is 14.2 Å². The fourth-order valence-corrected chi connectivity index (χ4v) is 1.49. The molecule has 0 aromatic heterocycles. The molecule has 7 N–H and O–H groups in total. The maximum Gasteiger partial charge on any atom is 0.255 e. The monoisotopic (exact) mass is 288 g/mol. The summed E-state index contributed by atoms with van der Waals surface area (Å²) in [6, 6.07) is 4.99. The first kappa shape index (κ1) is 15.9. The molecule has 21 heavy (non-hydrogen) atoms. The van der Waals surface area contributed by atoms with E-state index in [9.17, 15) is 4.79 Å². The Labute approximate surface area is 122 Å². The Morgan fingerprint density at radius 3 is 2.00 bits per heavy atom. The van der Waals surface area contributed by atoms with Crippen LogP contribution in [0.4, 0.5) is 0 Å². The number of hydrogen-bond acceptors (Lipinski definition) is 6. The molecule has 0 aliphatic heterocycles. The fraction of sp³-hybridized carbons (Fsp3) is 0.143. The molecule has 0 atom stereocenters. The lowest BCUT2D eigenvalue weighted by molar-refractivity contribution is -0.114. The van der Waals surface area contributed by atoms with Crippen LogP contribution in [0.3, 0.4) is 0 Å². The first-order valence-corrected chi connectivity index (χ1v) is 5.78. The van der Waals surface area contributed by atoms with Gasteiger partial charge in [0.25, 0.3) is 5.91 Å². The van der Waals surface area contributed by atoms with Crippen molar-refractivity contribution in [3.05, 3.63) is 35.2 Å². The zero-order valence-electron chi connectivity index (χ0n) is 11.7. The van der Waals surface area contributed by atoms with Crippen LogP contribution in [-0.4, -0.2) is 25.8 Å². The summed E-state index contributed by atoms with van der Waals surface area (Å²) in [6.45, 7) is 0. The largest absolute Gasteiger partial charge is 0.497 e. The molecule has 0 radical (unpaired) electrons. The number of hydrogen-bond donors (Lipinski definition) is 4. The molecular formula is C14H16N4O3. The lowest BCUT2D eigenvalue weighted by atomic mass is 10.1. The van der Waals surface area contributed by atoms with Crippen molar-refractivity contribution in [2.75, 3.05) is 14.2 Å². The van der Waals surface area contributed by atoms with Gasteiger partial charge >= 0.3 is 0 Å². The smallest absolute Gasteiger partial charge is 0.255 e. The second kappa shape index (κ2) is 6.86. The highest BCUT2D eigenvalue weighted by atomic mass is 16.5. The third-order valence-corrected chi connectivity index (χ3v) is 2.47. The lowest BCUT2D eigenvalue weighted by Gasteiger charge is -2.05. The molecule has 1 amide bonds. The summed E-state index contributed by atoms with van der Waals surface area (Å²) in [5.74, 6) is 5.02. The van der Waals surface area contributed by atoms with Crippen LogP contribution in [0, 0.1) is 17.3 Å². The number of nitrogens with two attached hydrogens (primary N) is 3. The molecule has 0 saturated heterocycles. The number of carbonyl (C=O) groups excluding carboxylic acids is 1. The van der Waals surface area contributed by atoms with E-state index in [0.717, 1.165) is 0 Å². The van der Waals surface area contributed by atoms with Crippen molar-refractivity contribution < 1.29 is 14.3 Å². The van der Waals surface area contributed by atoms with Gasteiger partial charge in [-0.25, -0.2) is 0 Å². The Hall–Kier alpha value is -3.14.